The Balaban J connectivity index is 1.61. The summed E-state index contributed by atoms with van der Waals surface area (Å²) in [5.74, 6) is 2.53. The molecule has 0 spiro atoms. The van der Waals surface area contributed by atoms with E-state index in [1.807, 2.05) is 42.2 Å². The number of amides is 1. The van der Waals surface area contributed by atoms with Crippen molar-refractivity contribution in [1.29, 1.82) is 0 Å². The first kappa shape index (κ1) is 23.6. The quantitative estimate of drug-likeness (QED) is 0.433. The maximum atomic E-state index is 13.7. The monoisotopic (exact) mass is 465 g/mol. The molecule has 2 aromatic carbocycles. The number of para-hydroxylation sites is 1. The fourth-order valence-corrected chi connectivity index (χ4v) is 4.40. The van der Waals surface area contributed by atoms with Crippen LogP contribution in [0.1, 0.15) is 55.3 Å². The van der Waals surface area contributed by atoms with Gasteiger partial charge < -0.3 is 23.6 Å². The predicted molar refractivity (Wildman–Crippen MR) is 127 cm³/mol. The van der Waals surface area contributed by atoms with E-state index in [2.05, 4.69) is 10.1 Å². The van der Waals surface area contributed by atoms with Crippen LogP contribution in [-0.2, 0) is 6.54 Å². The average Bonchev–Trinajstić information content (AvgIpc) is 3.36. The van der Waals surface area contributed by atoms with Crippen LogP contribution in [0.2, 0.25) is 0 Å². The summed E-state index contributed by atoms with van der Waals surface area (Å²) < 4.78 is 22.0. The maximum absolute atomic E-state index is 13.7. The van der Waals surface area contributed by atoms with Crippen molar-refractivity contribution >= 4 is 5.91 Å². The van der Waals surface area contributed by atoms with Crippen LogP contribution in [0, 0.1) is 0 Å². The van der Waals surface area contributed by atoms with Gasteiger partial charge in [0.05, 0.1) is 26.4 Å². The highest BCUT2D eigenvalue weighted by Crippen LogP contribution is 2.32. The second kappa shape index (κ2) is 11.0. The van der Waals surface area contributed by atoms with Crippen LogP contribution in [0.25, 0.3) is 11.4 Å². The molecule has 0 radical (unpaired) electrons. The Morgan fingerprint density at radius 1 is 1.03 bits per heavy atom. The lowest BCUT2D eigenvalue weighted by Crippen LogP contribution is -2.41. The van der Waals surface area contributed by atoms with Crippen molar-refractivity contribution in [3.05, 3.63) is 53.9 Å². The average molecular weight is 466 g/mol. The molecule has 0 unspecified atom stereocenters. The van der Waals surface area contributed by atoms with Gasteiger partial charge in [-0.05, 0) is 50.1 Å². The Kier molecular flexibility index (Phi) is 7.67. The summed E-state index contributed by atoms with van der Waals surface area (Å²) in [7, 11) is 3.17. The summed E-state index contributed by atoms with van der Waals surface area (Å²) in [6, 6.07) is 12.9. The summed E-state index contributed by atoms with van der Waals surface area (Å²) in [4.78, 5) is 20.1. The van der Waals surface area contributed by atoms with Crippen LogP contribution in [-0.4, -0.2) is 47.8 Å². The molecule has 1 saturated carbocycles. The molecular formula is C26H31N3O5. The minimum Gasteiger partial charge on any atom is -0.493 e. The minimum atomic E-state index is -0.0817. The number of aromatic nitrogens is 2. The van der Waals surface area contributed by atoms with Gasteiger partial charge >= 0.3 is 0 Å². The normalized spacial score (nSPS) is 14.0. The summed E-state index contributed by atoms with van der Waals surface area (Å²) >= 11 is 0. The Hall–Kier alpha value is -3.55. The Morgan fingerprint density at radius 2 is 1.79 bits per heavy atom. The smallest absolute Gasteiger partial charge is 0.258 e. The van der Waals surface area contributed by atoms with E-state index in [0.29, 0.717) is 41.1 Å². The van der Waals surface area contributed by atoms with Gasteiger partial charge in [0.15, 0.2) is 11.5 Å². The number of methoxy groups -OCH3 is 2. The molecule has 8 heteroatoms. The Bertz CT molecular complexity index is 1110. The first-order valence-corrected chi connectivity index (χ1v) is 11.7. The van der Waals surface area contributed by atoms with Gasteiger partial charge in [-0.15, -0.1) is 0 Å². The van der Waals surface area contributed by atoms with E-state index in [-0.39, 0.29) is 18.5 Å². The van der Waals surface area contributed by atoms with Crippen LogP contribution in [0.3, 0.4) is 0 Å². The molecule has 4 rings (SSSR count). The lowest BCUT2D eigenvalue weighted by atomic mass is 9.93. The van der Waals surface area contributed by atoms with Crippen molar-refractivity contribution in [1.82, 2.24) is 15.0 Å². The van der Waals surface area contributed by atoms with E-state index < -0.39 is 0 Å². The molecular weight excluding hydrogens is 434 g/mol. The van der Waals surface area contributed by atoms with E-state index in [0.717, 1.165) is 31.2 Å². The van der Waals surface area contributed by atoms with Gasteiger partial charge in [-0.3, -0.25) is 4.79 Å². The zero-order valence-electron chi connectivity index (χ0n) is 20.0. The standard InChI is InChI=1S/C26H31N3O5/c1-4-33-21-13-9-8-12-20(21)26(30)29(19-10-6-5-7-11-19)17-24-27-25(28-34-24)18-14-15-22(31-2)23(16-18)32-3/h8-9,12-16,19H,4-7,10-11,17H2,1-3H3. The molecule has 0 saturated heterocycles. The molecule has 0 aliphatic heterocycles. The van der Waals surface area contributed by atoms with Gasteiger partial charge in [-0.2, -0.15) is 4.98 Å². The van der Waals surface area contributed by atoms with Crippen molar-refractivity contribution in [2.24, 2.45) is 0 Å². The highest BCUT2D eigenvalue weighted by molar-refractivity contribution is 5.97. The van der Waals surface area contributed by atoms with Gasteiger partial charge in [-0.25, -0.2) is 0 Å². The molecule has 1 aromatic heterocycles. The maximum Gasteiger partial charge on any atom is 0.258 e. The largest absolute Gasteiger partial charge is 0.493 e. The molecule has 0 bridgehead atoms. The number of rotatable bonds is 9. The number of hydrogen-bond acceptors (Lipinski definition) is 7. The predicted octanol–water partition coefficient (Wildman–Crippen LogP) is 5.13. The van der Waals surface area contributed by atoms with Crippen molar-refractivity contribution < 1.29 is 23.5 Å². The van der Waals surface area contributed by atoms with E-state index in [1.165, 1.54) is 6.42 Å². The van der Waals surface area contributed by atoms with Crippen LogP contribution in [0.15, 0.2) is 47.0 Å². The van der Waals surface area contributed by atoms with Gasteiger partial charge in [0, 0.05) is 11.6 Å². The topological polar surface area (TPSA) is 86.9 Å². The molecule has 1 fully saturated rings. The third kappa shape index (κ3) is 5.16. The fourth-order valence-electron chi connectivity index (χ4n) is 4.40. The summed E-state index contributed by atoms with van der Waals surface area (Å²) in [6.45, 7) is 2.64. The van der Waals surface area contributed by atoms with Crippen molar-refractivity contribution in [3.8, 4) is 28.6 Å². The summed E-state index contributed by atoms with van der Waals surface area (Å²) in [6.07, 6.45) is 5.31. The third-order valence-electron chi connectivity index (χ3n) is 6.11. The molecule has 180 valence electrons. The highest BCUT2D eigenvalue weighted by Gasteiger charge is 2.30. The number of hydrogen-bond donors (Lipinski definition) is 0. The first-order chi connectivity index (χ1) is 16.6. The molecule has 1 heterocycles. The number of ether oxygens (including phenoxy) is 3. The molecule has 1 aliphatic rings. The number of carbonyl (C=O) groups excluding carboxylic acids is 1. The van der Waals surface area contributed by atoms with E-state index in [4.69, 9.17) is 18.7 Å². The second-order valence-electron chi connectivity index (χ2n) is 8.24. The zero-order chi connectivity index (χ0) is 23.9. The Labute approximate surface area is 199 Å². The van der Waals surface area contributed by atoms with E-state index in [9.17, 15) is 4.79 Å². The number of carbonyl (C=O) groups is 1. The molecule has 0 N–H and O–H groups in total. The lowest BCUT2D eigenvalue weighted by Gasteiger charge is -2.33. The van der Waals surface area contributed by atoms with Crippen molar-refractivity contribution in [3.63, 3.8) is 0 Å². The van der Waals surface area contributed by atoms with E-state index >= 15 is 0 Å². The van der Waals surface area contributed by atoms with E-state index in [1.54, 1.807) is 26.4 Å². The lowest BCUT2D eigenvalue weighted by molar-refractivity contribution is 0.0582. The molecule has 8 nitrogen and oxygen atoms in total. The molecule has 0 atom stereocenters. The highest BCUT2D eigenvalue weighted by atomic mass is 16.5. The number of benzene rings is 2. The van der Waals surface area contributed by atoms with Gasteiger partial charge in [0.1, 0.15) is 12.3 Å². The molecule has 3 aromatic rings. The minimum absolute atomic E-state index is 0.0817. The summed E-state index contributed by atoms with van der Waals surface area (Å²) in [5, 5.41) is 4.15. The molecule has 1 amide bonds. The first-order valence-electron chi connectivity index (χ1n) is 11.7. The summed E-state index contributed by atoms with van der Waals surface area (Å²) in [5.41, 5.74) is 1.29. The SMILES string of the molecule is CCOc1ccccc1C(=O)N(Cc1nc(-c2ccc(OC)c(OC)c2)no1)C1CCCCC1. The van der Waals surface area contributed by atoms with Crippen molar-refractivity contribution in [2.75, 3.05) is 20.8 Å². The van der Waals surface area contributed by atoms with Gasteiger partial charge in [0.25, 0.3) is 5.91 Å². The molecule has 1 aliphatic carbocycles. The Morgan fingerprint density at radius 3 is 2.53 bits per heavy atom. The van der Waals surface area contributed by atoms with Crippen LogP contribution in [0.5, 0.6) is 17.2 Å². The van der Waals surface area contributed by atoms with Crippen LogP contribution >= 0.6 is 0 Å². The van der Waals surface area contributed by atoms with Crippen LogP contribution in [0.4, 0.5) is 0 Å². The fraction of sp³-hybridized carbons (Fsp3) is 0.423. The third-order valence-corrected chi connectivity index (χ3v) is 6.11. The second-order valence-corrected chi connectivity index (χ2v) is 8.24. The van der Waals surface area contributed by atoms with Crippen molar-refractivity contribution in [2.45, 2.75) is 51.6 Å². The number of nitrogens with zero attached hydrogens (tertiary/aromatic N) is 3. The molecule has 34 heavy (non-hydrogen) atoms. The zero-order valence-corrected chi connectivity index (χ0v) is 20.0. The van der Waals surface area contributed by atoms with Crippen LogP contribution < -0.4 is 14.2 Å². The van der Waals surface area contributed by atoms with Gasteiger partial charge in [-0.1, -0.05) is 36.6 Å². The van der Waals surface area contributed by atoms with Gasteiger partial charge in [0.2, 0.25) is 11.7 Å².